The molecule has 0 amide bonds. The van der Waals surface area contributed by atoms with Crippen LogP contribution in [0.15, 0.2) is 0 Å². The monoisotopic (exact) mass is 192 g/mol. The third-order valence-electron chi connectivity index (χ3n) is 2.29. The first kappa shape index (κ1) is 11.7. The Morgan fingerprint density at radius 3 is 2.83 bits per heavy atom. The van der Waals surface area contributed by atoms with Gasteiger partial charge in [-0.1, -0.05) is 6.92 Å². The Bertz CT molecular complexity index is 152. The molecule has 0 N–H and O–H groups in total. The van der Waals surface area contributed by atoms with E-state index in [9.17, 15) is 9.90 Å². The number of halogens is 1. The van der Waals surface area contributed by atoms with Crippen LogP contribution in [-0.2, 0) is 4.79 Å². The SMILES string of the molecule is CCN1CCCC(C(=O)[O-])C1.Cl. The summed E-state index contributed by atoms with van der Waals surface area (Å²) in [5.74, 6) is -1.12. The van der Waals surface area contributed by atoms with Gasteiger partial charge in [0.1, 0.15) is 0 Å². The number of likely N-dealkylation sites (tertiary alicyclic amines) is 1. The van der Waals surface area contributed by atoms with Crippen molar-refractivity contribution < 1.29 is 9.90 Å². The van der Waals surface area contributed by atoms with E-state index in [1.54, 1.807) is 0 Å². The van der Waals surface area contributed by atoms with Crippen molar-refractivity contribution in [2.24, 2.45) is 5.92 Å². The molecular weight excluding hydrogens is 178 g/mol. The van der Waals surface area contributed by atoms with Gasteiger partial charge in [0, 0.05) is 18.4 Å². The van der Waals surface area contributed by atoms with E-state index < -0.39 is 5.97 Å². The van der Waals surface area contributed by atoms with Crippen molar-refractivity contribution >= 4 is 18.4 Å². The van der Waals surface area contributed by atoms with E-state index >= 15 is 0 Å². The molecule has 0 radical (unpaired) electrons. The molecular formula is C8H15ClNO2-. The lowest BCUT2D eigenvalue weighted by Crippen LogP contribution is -2.43. The van der Waals surface area contributed by atoms with Crippen LogP contribution >= 0.6 is 12.4 Å². The minimum atomic E-state index is -0.886. The molecule has 0 aliphatic carbocycles. The first-order chi connectivity index (χ1) is 5.24. The quantitative estimate of drug-likeness (QED) is 0.613. The van der Waals surface area contributed by atoms with Gasteiger partial charge in [-0.25, -0.2) is 0 Å². The highest BCUT2D eigenvalue weighted by Crippen LogP contribution is 2.14. The summed E-state index contributed by atoms with van der Waals surface area (Å²) < 4.78 is 0. The molecule has 1 rings (SSSR count). The fourth-order valence-electron chi connectivity index (χ4n) is 1.54. The van der Waals surface area contributed by atoms with Crippen LogP contribution < -0.4 is 5.11 Å². The van der Waals surface area contributed by atoms with E-state index in [1.165, 1.54) is 0 Å². The van der Waals surface area contributed by atoms with Crippen LogP contribution in [0.1, 0.15) is 19.8 Å². The molecule has 0 aromatic rings. The van der Waals surface area contributed by atoms with Crippen molar-refractivity contribution in [2.45, 2.75) is 19.8 Å². The van der Waals surface area contributed by atoms with Crippen molar-refractivity contribution in [1.82, 2.24) is 4.90 Å². The minimum Gasteiger partial charge on any atom is -0.550 e. The Morgan fingerprint density at radius 1 is 1.67 bits per heavy atom. The van der Waals surface area contributed by atoms with E-state index in [1.807, 2.05) is 0 Å². The zero-order valence-electron chi connectivity index (χ0n) is 7.28. The van der Waals surface area contributed by atoms with Crippen LogP contribution in [0.25, 0.3) is 0 Å². The van der Waals surface area contributed by atoms with Crippen molar-refractivity contribution in [2.75, 3.05) is 19.6 Å². The van der Waals surface area contributed by atoms with Crippen molar-refractivity contribution in [3.8, 4) is 0 Å². The summed E-state index contributed by atoms with van der Waals surface area (Å²) in [5, 5.41) is 10.5. The van der Waals surface area contributed by atoms with Gasteiger partial charge in [0.05, 0.1) is 0 Å². The van der Waals surface area contributed by atoms with Crippen molar-refractivity contribution in [3.63, 3.8) is 0 Å². The van der Waals surface area contributed by atoms with Gasteiger partial charge in [-0.2, -0.15) is 0 Å². The molecule has 0 spiro atoms. The van der Waals surface area contributed by atoms with E-state index in [4.69, 9.17) is 0 Å². The fraction of sp³-hybridized carbons (Fsp3) is 0.875. The zero-order chi connectivity index (χ0) is 8.27. The summed E-state index contributed by atoms with van der Waals surface area (Å²) in [6.45, 7) is 4.72. The lowest BCUT2D eigenvalue weighted by Gasteiger charge is -2.32. The number of carbonyl (C=O) groups excluding carboxylic acids is 1. The van der Waals surface area contributed by atoms with Crippen molar-refractivity contribution in [3.05, 3.63) is 0 Å². The molecule has 0 aromatic carbocycles. The number of hydrogen-bond acceptors (Lipinski definition) is 3. The molecule has 1 atom stereocenters. The van der Waals surface area contributed by atoms with Gasteiger partial charge in [0.2, 0.25) is 0 Å². The summed E-state index contributed by atoms with van der Waals surface area (Å²) in [4.78, 5) is 12.6. The van der Waals surface area contributed by atoms with Gasteiger partial charge in [0.15, 0.2) is 0 Å². The lowest BCUT2D eigenvalue weighted by molar-refractivity contribution is -0.312. The maximum absolute atomic E-state index is 10.5. The maximum Gasteiger partial charge on any atom is 0.0458 e. The highest BCUT2D eigenvalue weighted by molar-refractivity contribution is 5.85. The maximum atomic E-state index is 10.5. The Hall–Kier alpha value is -0.280. The Labute approximate surface area is 79.2 Å². The molecule has 1 heterocycles. The number of rotatable bonds is 2. The van der Waals surface area contributed by atoms with Crippen LogP contribution in [0, 0.1) is 5.92 Å². The van der Waals surface area contributed by atoms with Gasteiger partial charge in [-0.3, -0.25) is 0 Å². The van der Waals surface area contributed by atoms with E-state index in [-0.39, 0.29) is 18.3 Å². The minimum absolute atomic E-state index is 0. The molecule has 1 aliphatic heterocycles. The second kappa shape index (κ2) is 5.38. The molecule has 12 heavy (non-hydrogen) atoms. The highest BCUT2D eigenvalue weighted by atomic mass is 35.5. The van der Waals surface area contributed by atoms with Crippen molar-refractivity contribution in [1.29, 1.82) is 0 Å². The average molecular weight is 193 g/mol. The van der Waals surface area contributed by atoms with Crippen LogP contribution in [-0.4, -0.2) is 30.5 Å². The molecule has 1 saturated heterocycles. The van der Waals surface area contributed by atoms with Gasteiger partial charge >= 0.3 is 0 Å². The predicted octanol–water partition coefficient (Wildman–Crippen LogP) is -0.110. The highest BCUT2D eigenvalue weighted by Gasteiger charge is 2.18. The Morgan fingerprint density at radius 2 is 2.33 bits per heavy atom. The van der Waals surface area contributed by atoms with Crippen LogP contribution in [0.5, 0.6) is 0 Å². The van der Waals surface area contributed by atoms with E-state index in [0.717, 1.165) is 25.9 Å². The summed E-state index contributed by atoms with van der Waals surface area (Å²) in [5.41, 5.74) is 0. The Kier molecular flexibility index (Phi) is 5.25. The Balaban J connectivity index is 0.00000121. The fourth-order valence-corrected chi connectivity index (χ4v) is 1.54. The number of aliphatic carboxylic acids is 1. The number of carboxylic acid groups (broad SMARTS) is 1. The molecule has 1 aliphatic rings. The largest absolute Gasteiger partial charge is 0.550 e. The predicted molar refractivity (Wildman–Crippen MR) is 47.1 cm³/mol. The summed E-state index contributed by atoms with van der Waals surface area (Å²) in [6, 6.07) is 0. The number of hydrogen-bond donors (Lipinski definition) is 0. The summed E-state index contributed by atoms with van der Waals surface area (Å²) in [6.07, 6.45) is 1.78. The zero-order valence-corrected chi connectivity index (χ0v) is 8.10. The molecule has 1 fully saturated rings. The summed E-state index contributed by atoms with van der Waals surface area (Å²) >= 11 is 0. The second-order valence-corrected chi connectivity index (χ2v) is 3.05. The molecule has 1 unspecified atom stereocenters. The molecule has 3 nitrogen and oxygen atoms in total. The van der Waals surface area contributed by atoms with Gasteiger partial charge in [0.25, 0.3) is 0 Å². The molecule has 72 valence electrons. The standard InChI is InChI=1S/C8H15NO2.ClH/c1-2-9-5-3-4-7(6-9)8(10)11;/h7H,2-6H2,1H3,(H,10,11);1H/p-1. The number of carboxylic acids is 1. The van der Waals surface area contributed by atoms with Crippen LogP contribution in [0.2, 0.25) is 0 Å². The number of piperidine rings is 1. The summed E-state index contributed by atoms with van der Waals surface area (Å²) in [7, 11) is 0. The second-order valence-electron chi connectivity index (χ2n) is 3.05. The molecule has 0 saturated carbocycles. The van der Waals surface area contributed by atoms with Crippen LogP contribution in [0.3, 0.4) is 0 Å². The third kappa shape index (κ3) is 2.99. The lowest BCUT2D eigenvalue weighted by atomic mass is 9.98. The molecule has 0 bridgehead atoms. The van der Waals surface area contributed by atoms with E-state index in [2.05, 4.69) is 11.8 Å². The normalized spacial score (nSPS) is 24.6. The number of carbonyl (C=O) groups is 1. The first-order valence-corrected chi connectivity index (χ1v) is 4.17. The topological polar surface area (TPSA) is 43.4 Å². The average Bonchev–Trinajstić information content (AvgIpc) is 2.05. The third-order valence-corrected chi connectivity index (χ3v) is 2.29. The first-order valence-electron chi connectivity index (χ1n) is 4.17. The number of nitrogens with zero attached hydrogens (tertiary/aromatic N) is 1. The van der Waals surface area contributed by atoms with Gasteiger partial charge < -0.3 is 14.8 Å². The molecule has 4 heteroatoms. The molecule has 0 aromatic heterocycles. The van der Waals surface area contributed by atoms with Gasteiger partial charge in [-0.15, -0.1) is 12.4 Å². The van der Waals surface area contributed by atoms with Crippen LogP contribution in [0.4, 0.5) is 0 Å². The van der Waals surface area contributed by atoms with E-state index in [0.29, 0.717) is 6.54 Å². The van der Waals surface area contributed by atoms with Gasteiger partial charge in [-0.05, 0) is 25.9 Å². The smallest absolute Gasteiger partial charge is 0.0458 e.